The average molecular weight is 406 g/mol. The van der Waals surface area contributed by atoms with Crippen molar-refractivity contribution in [2.75, 3.05) is 13.7 Å². The zero-order chi connectivity index (χ0) is 18.2. The van der Waals surface area contributed by atoms with E-state index in [4.69, 9.17) is 9.47 Å². The number of carbonyl (C=O) groups excluding carboxylic acids is 1. The molecule has 4 nitrogen and oxygen atoms in total. The van der Waals surface area contributed by atoms with Gasteiger partial charge in [-0.05, 0) is 54.3 Å². The monoisotopic (exact) mass is 405 g/mol. The summed E-state index contributed by atoms with van der Waals surface area (Å²) < 4.78 is 11.7. The van der Waals surface area contributed by atoms with Gasteiger partial charge < -0.3 is 14.8 Å². The van der Waals surface area contributed by atoms with Crippen LogP contribution in [-0.2, 0) is 4.79 Å². The third kappa shape index (κ3) is 6.42. The van der Waals surface area contributed by atoms with Crippen LogP contribution in [0, 0.1) is 5.92 Å². The fraction of sp³-hybridized carbons (Fsp3) is 0.350. The van der Waals surface area contributed by atoms with Crippen LogP contribution >= 0.6 is 15.9 Å². The van der Waals surface area contributed by atoms with Gasteiger partial charge in [-0.1, -0.05) is 41.9 Å². The van der Waals surface area contributed by atoms with E-state index in [2.05, 4.69) is 35.1 Å². The van der Waals surface area contributed by atoms with Crippen LogP contribution in [0.3, 0.4) is 0 Å². The summed E-state index contributed by atoms with van der Waals surface area (Å²) >= 11 is 3.37. The molecular formula is C20H24BrNO3. The van der Waals surface area contributed by atoms with E-state index in [0.717, 1.165) is 22.2 Å². The summed E-state index contributed by atoms with van der Waals surface area (Å²) in [4.78, 5) is 12.3. The van der Waals surface area contributed by atoms with Gasteiger partial charge in [0.05, 0.1) is 13.2 Å². The number of nitrogens with one attached hydrogen (secondary N) is 1. The van der Waals surface area contributed by atoms with E-state index >= 15 is 0 Å². The van der Waals surface area contributed by atoms with Crippen molar-refractivity contribution in [2.24, 2.45) is 5.92 Å². The minimum absolute atomic E-state index is 0.00756. The lowest BCUT2D eigenvalue weighted by atomic mass is 9.97. The van der Waals surface area contributed by atoms with E-state index in [0.29, 0.717) is 11.7 Å². The summed E-state index contributed by atoms with van der Waals surface area (Å²) in [5, 5.41) is 3.07. The number of methoxy groups -OCH3 is 1. The second-order valence-electron chi connectivity index (χ2n) is 6.27. The maximum atomic E-state index is 12.3. The number of rotatable bonds is 8. The molecule has 0 aromatic heterocycles. The van der Waals surface area contributed by atoms with Crippen molar-refractivity contribution in [2.45, 2.75) is 26.3 Å². The average Bonchev–Trinajstić information content (AvgIpc) is 2.60. The summed E-state index contributed by atoms with van der Waals surface area (Å²) in [7, 11) is 1.64. The van der Waals surface area contributed by atoms with E-state index in [1.807, 2.05) is 48.5 Å². The summed E-state index contributed by atoms with van der Waals surface area (Å²) in [5.41, 5.74) is 1.06. The predicted octanol–water partition coefficient (Wildman–Crippen LogP) is 4.74. The highest BCUT2D eigenvalue weighted by atomic mass is 79.9. The molecular weight excluding hydrogens is 382 g/mol. The molecule has 2 rings (SSSR count). The van der Waals surface area contributed by atoms with Crippen molar-refractivity contribution in [3.05, 3.63) is 58.6 Å². The fourth-order valence-corrected chi connectivity index (χ4v) is 2.77. The lowest BCUT2D eigenvalue weighted by Gasteiger charge is -2.21. The number of hydrogen-bond donors (Lipinski definition) is 1. The fourth-order valence-electron chi connectivity index (χ4n) is 2.50. The predicted molar refractivity (Wildman–Crippen MR) is 103 cm³/mol. The Labute approximate surface area is 157 Å². The normalized spacial score (nSPS) is 11.9. The molecule has 134 valence electrons. The van der Waals surface area contributed by atoms with Crippen molar-refractivity contribution in [3.8, 4) is 11.5 Å². The van der Waals surface area contributed by atoms with Crippen LogP contribution in [0.4, 0.5) is 0 Å². The van der Waals surface area contributed by atoms with Crippen molar-refractivity contribution in [1.82, 2.24) is 5.32 Å². The number of amides is 1. The third-order valence-electron chi connectivity index (χ3n) is 3.74. The Bertz CT molecular complexity index is 668. The molecule has 0 spiro atoms. The standard InChI is InChI=1S/C20H24BrNO3/c1-14(2)12-19(15-4-8-17(24-3)9-5-15)22-20(23)13-25-18-10-6-16(21)7-11-18/h4-11,14,19H,12-13H2,1-3H3,(H,22,23)/t19-/m0/s1. The van der Waals surface area contributed by atoms with Crippen LogP contribution in [0.25, 0.3) is 0 Å². The molecule has 0 heterocycles. The van der Waals surface area contributed by atoms with Crippen molar-refractivity contribution in [3.63, 3.8) is 0 Å². The Balaban J connectivity index is 1.97. The van der Waals surface area contributed by atoms with Gasteiger partial charge >= 0.3 is 0 Å². The van der Waals surface area contributed by atoms with Crippen LogP contribution in [0.5, 0.6) is 11.5 Å². The van der Waals surface area contributed by atoms with Gasteiger partial charge in [-0.25, -0.2) is 0 Å². The first-order valence-corrected chi connectivity index (χ1v) is 9.09. The number of carbonyl (C=O) groups is 1. The van der Waals surface area contributed by atoms with E-state index in [9.17, 15) is 4.79 Å². The Morgan fingerprint density at radius 1 is 1.04 bits per heavy atom. The molecule has 0 fully saturated rings. The van der Waals surface area contributed by atoms with Crippen LogP contribution in [0.1, 0.15) is 31.9 Å². The Hall–Kier alpha value is -2.01. The van der Waals surface area contributed by atoms with E-state index < -0.39 is 0 Å². The molecule has 0 aliphatic heterocycles. The summed E-state index contributed by atoms with van der Waals surface area (Å²) in [6, 6.07) is 15.2. The van der Waals surface area contributed by atoms with Gasteiger partial charge in [0.25, 0.3) is 5.91 Å². The lowest BCUT2D eigenvalue weighted by molar-refractivity contribution is -0.124. The van der Waals surface area contributed by atoms with Gasteiger partial charge in [-0.3, -0.25) is 4.79 Å². The highest BCUT2D eigenvalue weighted by Gasteiger charge is 2.16. The smallest absolute Gasteiger partial charge is 0.258 e. The molecule has 1 amide bonds. The third-order valence-corrected chi connectivity index (χ3v) is 4.27. The minimum atomic E-state index is -0.135. The first-order valence-electron chi connectivity index (χ1n) is 8.29. The van der Waals surface area contributed by atoms with Gasteiger partial charge in [-0.15, -0.1) is 0 Å². The molecule has 0 aliphatic rings. The molecule has 0 aliphatic carbocycles. The second kappa shape index (κ2) is 9.47. The summed E-state index contributed by atoms with van der Waals surface area (Å²) in [6.07, 6.45) is 0.857. The van der Waals surface area contributed by atoms with Crippen molar-refractivity contribution in [1.29, 1.82) is 0 Å². The molecule has 1 atom stereocenters. The highest BCUT2D eigenvalue weighted by Crippen LogP contribution is 2.23. The van der Waals surface area contributed by atoms with Crippen LogP contribution in [-0.4, -0.2) is 19.6 Å². The van der Waals surface area contributed by atoms with Crippen LogP contribution < -0.4 is 14.8 Å². The lowest BCUT2D eigenvalue weighted by Crippen LogP contribution is -2.33. The highest BCUT2D eigenvalue weighted by molar-refractivity contribution is 9.10. The molecule has 2 aromatic carbocycles. The zero-order valence-corrected chi connectivity index (χ0v) is 16.4. The molecule has 0 radical (unpaired) electrons. The van der Waals surface area contributed by atoms with Crippen molar-refractivity contribution < 1.29 is 14.3 Å². The number of hydrogen-bond acceptors (Lipinski definition) is 3. The van der Waals surface area contributed by atoms with E-state index in [1.54, 1.807) is 7.11 Å². The number of benzene rings is 2. The van der Waals surface area contributed by atoms with Gasteiger partial charge in [0.2, 0.25) is 0 Å². The molecule has 2 aromatic rings. The Morgan fingerprint density at radius 3 is 2.20 bits per heavy atom. The number of halogens is 1. The molecule has 5 heteroatoms. The molecule has 0 saturated carbocycles. The quantitative estimate of drug-likeness (QED) is 0.689. The van der Waals surface area contributed by atoms with Crippen LogP contribution in [0.2, 0.25) is 0 Å². The van der Waals surface area contributed by atoms with Crippen molar-refractivity contribution >= 4 is 21.8 Å². The molecule has 0 unspecified atom stereocenters. The maximum absolute atomic E-state index is 12.3. The summed E-state index contributed by atoms with van der Waals surface area (Å²) in [6.45, 7) is 4.27. The SMILES string of the molecule is COc1ccc([C@H](CC(C)C)NC(=O)COc2ccc(Br)cc2)cc1. The Morgan fingerprint density at radius 2 is 1.64 bits per heavy atom. The zero-order valence-electron chi connectivity index (χ0n) is 14.8. The largest absolute Gasteiger partial charge is 0.497 e. The Kier molecular flexibility index (Phi) is 7.31. The van der Waals surface area contributed by atoms with Gasteiger partial charge in [-0.2, -0.15) is 0 Å². The molecule has 0 saturated heterocycles. The topological polar surface area (TPSA) is 47.6 Å². The number of ether oxygens (including phenoxy) is 2. The minimum Gasteiger partial charge on any atom is -0.497 e. The maximum Gasteiger partial charge on any atom is 0.258 e. The van der Waals surface area contributed by atoms with Gasteiger partial charge in [0.15, 0.2) is 6.61 Å². The first kappa shape index (κ1) is 19.3. The summed E-state index contributed by atoms with van der Waals surface area (Å²) in [5.74, 6) is 1.80. The van der Waals surface area contributed by atoms with Gasteiger partial charge in [0, 0.05) is 4.47 Å². The van der Waals surface area contributed by atoms with E-state index in [-0.39, 0.29) is 18.6 Å². The van der Waals surface area contributed by atoms with E-state index in [1.165, 1.54) is 0 Å². The molecule has 0 bridgehead atoms. The molecule has 25 heavy (non-hydrogen) atoms. The van der Waals surface area contributed by atoms with Crippen LogP contribution in [0.15, 0.2) is 53.0 Å². The second-order valence-corrected chi connectivity index (χ2v) is 7.18. The van der Waals surface area contributed by atoms with Gasteiger partial charge in [0.1, 0.15) is 11.5 Å². The first-order chi connectivity index (χ1) is 12.0. The molecule has 1 N–H and O–H groups in total.